The topological polar surface area (TPSA) is 65.0 Å². The molecule has 1 aliphatic rings. The molecule has 0 bridgehead atoms. The second kappa shape index (κ2) is 8.53. The van der Waals surface area contributed by atoms with Gasteiger partial charge in [-0.1, -0.05) is 47.5 Å². The van der Waals surface area contributed by atoms with E-state index in [-0.39, 0.29) is 11.6 Å². The van der Waals surface area contributed by atoms with Crippen molar-refractivity contribution in [3.05, 3.63) is 105 Å². The SMILES string of the molecule is O=C1OC(c2cccc(Cl)c2)=N/C1=C\c1ccc(OC(=O)c2cccc(Cl)c2)cc1. The highest BCUT2D eigenvalue weighted by atomic mass is 35.5. The van der Waals surface area contributed by atoms with Crippen LogP contribution in [0.25, 0.3) is 6.08 Å². The monoisotopic (exact) mass is 437 g/mol. The third-order valence-electron chi connectivity index (χ3n) is 4.15. The summed E-state index contributed by atoms with van der Waals surface area (Å²) in [5.74, 6) is -0.514. The van der Waals surface area contributed by atoms with Crippen LogP contribution in [0.1, 0.15) is 21.5 Å². The van der Waals surface area contributed by atoms with Crippen molar-refractivity contribution in [3.8, 4) is 5.75 Å². The number of carbonyl (C=O) groups is 2. The maximum Gasteiger partial charge on any atom is 0.363 e. The van der Waals surface area contributed by atoms with Crippen molar-refractivity contribution in [2.45, 2.75) is 0 Å². The lowest BCUT2D eigenvalue weighted by atomic mass is 10.2. The fourth-order valence-corrected chi connectivity index (χ4v) is 3.11. The Morgan fingerprint density at radius 2 is 1.63 bits per heavy atom. The molecule has 0 aromatic heterocycles. The van der Waals surface area contributed by atoms with Gasteiger partial charge in [0.1, 0.15) is 5.75 Å². The molecule has 0 spiro atoms. The summed E-state index contributed by atoms with van der Waals surface area (Å²) in [7, 11) is 0. The molecule has 1 aliphatic heterocycles. The summed E-state index contributed by atoms with van der Waals surface area (Å²) >= 11 is 11.9. The first kappa shape index (κ1) is 19.9. The van der Waals surface area contributed by atoms with Crippen molar-refractivity contribution >= 4 is 47.1 Å². The Balaban J connectivity index is 1.49. The maximum atomic E-state index is 12.2. The Morgan fingerprint density at radius 3 is 2.33 bits per heavy atom. The number of rotatable bonds is 4. The lowest BCUT2D eigenvalue weighted by molar-refractivity contribution is -0.129. The molecule has 4 rings (SSSR count). The van der Waals surface area contributed by atoms with Crippen LogP contribution in [0.5, 0.6) is 5.75 Å². The standard InChI is InChI=1S/C23H13Cl2NO4/c24-17-5-1-3-15(12-17)21-26-20(23(28)30-21)11-14-7-9-19(10-8-14)29-22(27)16-4-2-6-18(25)13-16/h1-13H/b20-11-. The molecule has 0 unspecified atom stereocenters. The number of hydrogen-bond donors (Lipinski definition) is 0. The van der Waals surface area contributed by atoms with Crippen LogP contribution in [0.3, 0.4) is 0 Å². The van der Waals surface area contributed by atoms with Gasteiger partial charge in [-0.25, -0.2) is 14.6 Å². The number of cyclic esters (lactones) is 1. The van der Waals surface area contributed by atoms with Crippen LogP contribution in [-0.2, 0) is 9.53 Å². The maximum absolute atomic E-state index is 12.2. The van der Waals surface area contributed by atoms with Crippen LogP contribution in [0.15, 0.2) is 83.5 Å². The van der Waals surface area contributed by atoms with E-state index in [1.165, 1.54) is 6.07 Å². The van der Waals surface area contributed by atoms with E-state index in [9.17, 15) is 9.59 Å². The minimum absolute atomic E-state index is 0.161. The fraction of sp³-hybridized carbons (Fsp3) is 0. The van der Waals surface area contributed by atoms with Crippen LogP contribution < -0.4 is 4.74 Å². The summed E-state index contributed by atoms with van der Waals surface area (Å²) in [5.41, 5.74) is 1.82. The highest BCUT2D eigenvalue weighted by Crippen LogP contribution is 2.22. The fourth-order valence-electron chi connectivity index (χ4n) is 2.73. The summed E-state index contributed by atoms with van der Waals surface area (Å²) < 4.78 is 10.6. The van der Waals surface area contributed by atoms with Gasteiger partial charge in [-0.2, -0.15) is 0 Å². The van der Waals surface area contributed by atoms with Crippen LogP contribution >= 0.6 is 23.2 Å². The zero-order chi connectivity index (χ0) is 21.1. The van der Waals surface area contributed by atoms with Gasteiger partial charge in [-0.3, -0.25) is 0 Å². The molecule has 0 aliphatic carbocycles. The Kier molecular flexibility index (Phi) is 5.65. The number of esters is 2. The molecule has 0 radical (unpaired) electrons. The summed E-state index contributed by atoms with van der Waals surface area (Å²) in [6.45, 7) is 0. The summed E-state index contributed by atoms with van der Waals surface area (Å²) in [5, 5.41) is 0.971. The van der Waals surface area contributed by atoms with Gasteiger partial charge in [-0.15, -0.1) is 0 Å². The van der Waals surface area contributed by atoms with E-state index in [1.807, 2.05) is 0 Å². The summed E-state index contributed by atoms with van der Waals surface area (Å²) in [4.78, 5) is 28.6. The Hall–Kier alpha value is -3.41. The lowest BCUT2D eigenvalue weighted by Gasteiger charge is -2.05. The number of nitrogens with zero attached hydrogens (tertiary/aromatic N) is 1. The molecule has 3 aromatic rings. The Labute approximate surface area is 182 Å². The average molecular weight is 438 g/mol. The van der Waals surface area contributed by atoms with Crippen LogP contribution in [0.4, 0.5) is 0 Å². The molecule has 148 valence electrons. The van der Waals surface area contributed by atoms with Crippen LogP contribution in [0.2, 0.25) is 10.0 Å². The third-order valence-corrected chi connectivity index (χ3v) is 4.62. The van der Waals surface area contributed by atoms with Gasteiger partial charge in [0.15, 0.2) is 5.70 Å². The predicted octanol–water partition coefficient (Wildman–Crippen LogP) is 5.56. The molecule has 0 atom stereocenters. The van der Waals surface area contributed by atoms with Crippen molar-refractivity contribution in [3.63, 3.8) is 0 Å². The third kappa shape index (κ3) is 4.59. The molecule has 30 heavy (non-hydrogen) atoms. The molecule has 3 aromatic carbocycles. The second-order valence-electron chi connectivity index (χ2n) is 6.32. The summed E-state index contributed by atoms with van der Waals surface area (Å²) in [6, 6.07) is 20.0. The van der Waals surface area contributed by atoms with E-state index in [0.29, 0.717) is 32.5 Å². The zero-order valence-electron chi connectivity index (χ0n) is 15.3. The Bertz CT molecular complexity index is 1200. The van der Waals surface area contributed by atoms with Gasteiger partial charge >= 0.3 is 11.9 Å². The van der Waals surface area contributed by atoms with E-state index in [0.717, 1.165) is 0 Å². The van der Waals surface area contributed by atoms with Crippen molar-refractivity contribution in [2.24, 2.45) is 4.99 Å². The van der Waals surface area contributed by atoms with Gasteiger partial charge in [0.05, 0.1) is 5.56 Å². The largest absolute Gasteiger partial charge is 0.423 e. The van der Waals surface area contributed by atoms with Gasteiger partial charge < -0.3 is 9.47 Å². The molecular formula is C23H13Cl2NO4. The Morgan fingerprint density at radius 1 is 0.933 bits per heavy atom. The van der Waals surface area contributed by atoms with E-state index < -0.39 is 11.9 Å². The minimum atomic E-state index is -0.554. The van der Waals surface area contributed by atoms with Crippen LogP contribution in [-0.4, -0.2) is 17.8 Å². The average Bonchev–Trinajstić information content (AvgIpc) is 3.10. The molecular weight excluding hydrogens is 425 g/mol. The zero-order valence-corrected chi connectivity index (χ0v) is 16.9. The molecule has 0 saturated carbocycles. The number of halogens is 2. The van der Waals surface area contributed by atoms with Gasteiger partial charge in [0, 0.05) is 15.6 Å². The lowest BCUT2D eigenvalue weighted by Crippen LogP contribution is -2.08. The van der Waals surface area contributed by atoms with Gasteiger partial charge in [0.2, 0.25) is 5.90 Å². The molecule has 0 N–H and O–H groups in total. The van der Waals surface area contributed by atoms with Gasteiger partial charge in [0.25, 0.3) is 0 Å². The molecule has 0 fully saturated rings. The quantitative estimate of drug-likeness (QED) is 0.304. The number of hydrogen-bond acceptors (Lipinski definition) is 5. The number of ether oxygens (including phenoxy) is 2. The van der Waals surface area contributed by atoms with E-state index in [1.54, 1.807) is 72.8 Å². The first-order chi connectivity index (χ1) is 14.5. The molecule has 1 heterocycles. The van der Waals surface area contributed by atoms with E-state index in [2.05, 4.69) is 4.99 Å². The molecule has 7 heteroatoms. The van der Waals surface area contributed by atoms with E-state index in [4.69, 9.17) is 32.7 Å². The first-order valence-electron chi connectivity index (χ1n) is 8.84. The molecule has 0 amide bonds. The van der Waals surface area contributed by atoms with Crippen LogP contribution in [0, 0.1) is 0 Å². The number of benzene rings is 3. The summed E-state index contributed by atoms with van der Waals surface area (Å²) in [6.07, 6.45) is 1.59. The predicted molar refractivity (Wildman–Crippen MR) is 115 cm³/mol. The van der Waals surface area contributed by atoms with Crippen molar-refractivity contribution in [1.29, 1.82) is 0 Å². The van der Waals surface area contributed by atoms with E-state index >= 15 is 0 Å². The highest BCUT2D eigenvalue weighted by Gasteiger charge is 2.24. The normalized spacial score (nSPS) is 14.4. The minimum Gasteiger partial charge on any atom is -0.423 e. The highest BCUT2D eigenvalue weighted by molar-refractivity contribution is 6.31. The van der Waals surface area contributed by atoms with Crippen molar-refractivity contribution in [2.75, 3.05) is 0 Å². The molecule has 0 saturated heterocycles. The number of aliphatic imine (C=N–C) groups is 1. The first-order valence-corrected chi connectivity index (χ1v) is 9.60. The second-order valence-corrected chi connectivity index (χ2v) is 7.19. The van der Waals surface area contributed by atoms with Crippen molar-refractivity contribution < 1.29 is 19.1 Å². The molecule has 5 nitrogen and oxygen atoms in total. The smallest absolute Gasteiger partial charge is 0.363 e. The number of carbonyl (C=O) groups excluding carboxylic acids is 2. The van der Waals surface area contributed by atoms with Crippen molar-refractivity contribution in [1.82, 2.24) is 0 Å². The van der Waals surface area contributed by atoms with Gasteiger partial charge in [-0.05, 0) is 60.2 Å².